The topological polar surface area (TPSA) is 74.0 Å². The number of benzene rings is 1. The molecule has 1 aromatic rings. The molecular formula is C12H13F3N2O4. The maximum absolute atomic E-state index is 12.4. The van der Waals surface area contributed by atoms with E-state index < -0.39 is 24.1 Å². The highest BCUT2D eigenvalue weighted by Crippen LogP contribution is 2.30. The maximum Gasteiger partial charge on any atom is 0.429 e. The summed E-state index contributed by atoms with van der Waals surface area (Å²) < 4.78 is 52.2. The maximum atomic E-state index is 12.4. The lowest BCUT2D eigenvalue weighted by Crippen LogP contribution is -2.39. The van der Waals surface area contributed by atoms with Crippen molar-refractivity contribution in [2.24, 2.45) is 5.84 Å². The molecule has 1 heterocycles. The van der Waals surface area contributed by atoms with Gasteiger partial charge in [0, 0.05) is 0 Å². The normalized spacial score (nSPS) is 16.0. The van der Waals surface area contributed by atoms with Crippen molar-refractivity contribution in [3.8, 4) is 0 Å². The molecule has 2 rings (SSSR count). The van der Waals surface area contributed by atoms with Crippen molar-refractivity contribution in [3.05, 3.63) is 29.8 Å². The molecule has 0 bridgehead atoms. The summed E-state index contributed by atoms with van der Waals surface area (Å²) in [6.07, 6.45) is -6.01. The fourth-order valence-corrected chi connectivity index (χ4v) is 1.63. The Kier molecular flexibility index (Phi) is 4.66. The van der Waals surface area contributed by atoms with Crippen molar-refractivity contribution in [2.45, 2.75) is 12.5 Å². The molecule has 21 heavy (non-hydrogen) atoms. The van der Waals surface area contributed by atoms with Crippen molar-refractivity contribution >= 4 is 11.8 Å². The van der Waals surface area contributed by atoms with E-state index in [4.69, 9.17) is 20.1 Å². The fraction of sp³-hybridized carbons (Fsp3) is 0.417. The van der Waals surface area contributed by atoms with Crippen molar-refractivity contribution < 1.29 is 32.2 Å². The van der Waals surface area contributed by atoms with E-state index >= 15 is 0 Å². The number of amides is 1. The molecule has 0 saturated carbocycles. The van der Waals surface area contributed by atoms with Crippen LogP contribution in [0, 0.1) is 0 Å². The van der Waals surface area contributed by atoms with Crippen molar-refractivity contribution in [1.82, 2.24) is 0 Å². The molecule has 0 spiro atoms. The molecule has 1 fully saturated rings. The van der Waals surface area contributed by atoms with Crippen molar-refractivity contribution in [2.75, 3.05) is 24.8 Å². The monoisotopic (exact) mass is 306 g/mol. The number of carbonyl (C=O) groups excluding carboxylic acids is 1. The van der Waals surface area contributed by atoms with E-state index in [9.17, 15) is 18.0 Å². The second kappa shape index (κ2) is 6.29. The SMILES string of the molecule is NN(C(=O)OCC1OCCO1)c1ccc(C(F)(F)F)cc1. The first-order chi connectivity index (χ1) is 9.88. The number of hydrogen-bond acceptors (Lipinski definition) is 5. The summed E-state index contributed by atoms with van der Waals surface area (Å²) in [4.78, 5) is 11.6. The van der Waals surface area contributed by atoms with E-state index in [1.165, 1.54) is 0 Å². The van der Waals surface area contributed by atoms with Gasteiger partial charge in [0.2, 0.25) is 0 Å². The van der Waals surface area contributed by atoms with Gasteiger partial charge in [0.25, 0.3) is 0 Å². The lowest BCUT2D eigenvalue weighted by Gasteiger charge is -2.18. The summed E-state index contributed by atoms with van der Waals surface area (Å²) in [5, 5.41) is 0.606. The summed E-state index contributed by atoms with van der Waals surface area (Å²) in [5.74, 6) is 5.48. The number of hydrazine groups is 1. The summed E-state index contributed by atoms with van der Waals surface area (Å²) >= 11 is 0. The highest BCUT2D eigenvalue weighted by Gasteiger charge is 2.30. The van der Waals surface area contributed by atoms with Crippen LogP contribution in [0.1, 0.15) is 5.56 Å². The lowest BCUT2D eigenvalue weighted by atomic mass is 10.2. The molecule has 0 aromatic heterocycles. The third kappa shape index (κ3) is 4.06. The van der Waals surface area contributed by atoms with Gasteiger partial charge >= 0.3 is 12.3 Å². The van der Waals surface area contributed by atoms with E-state index in [1.807, 2.05) is 0 Å². The molecule has 0 unspecified atom stereocenters. The van der Waals surface area contributed by atoms with Crippen LogP contribution in [0.2, 0.25) is 0 Å². The molecule has 1 saturated heterocycles. The molecule has 1 aliphatic rings. The van der Waals surface area contributed by atoms with Crippen LogP contribution < -0.4 is 10.9 Å². The number of rotatable bonds is 3. The Bertz CT molecular complexity index is 486. The van der Waals surface area contributed by atoms with E-state index in [0.29, 0.717) is 18.2 Å². The van der Waals surface area contributed by atoms with Crippen LogP contribution in [0.15, 0.2) is 24.3 Å². The van der Waals surface area contributed by atoms with Gasteiger partial charge in [-0.25, -0.2) is 15.6 Å². The Hall–Kier alpha value is -1.84. The van der Waals surface area contributed by atoms with Crippen molar-refractivity contribution in [3.63, 3.8) is 0 Å². The number of carbonyl (C=O) groups is 1. The van der Waals surface area contributed by atoms with Crippen LogP contribution >= 0.6 is 0 Å². The van der Waals surface area contributed by atoms with Gasteiger partial charge < -0.3 is 14.2 Å². The van der Waals surface area contributed by atoms with Gasteiger partial charge in [-0.3, -0.25) is 0 Å². The first kappa shape index (κ1) is 15.5. The predicted octanol–water partition coefficient (Wildman–Crippen LogP) is 1.90. The highest BCUT2D eigenvalue weighted by molar-refractivity contribution is 5.86. The number of hydrogen-bond donors (Lipinski definition) is 1. The Labute approximate surface area is 118 Å². The quantitative estimate of drug-likeness (QED) is 0.524. The molecule has 9 heteroatoms. The largest absolute Gasteiger partial charge is 0.443 e. The minimum Gasteiger partial charge on any atom is -0.443 e. The van der Waals surface area contributed by atoms with E-state index in [2.05, 4.69) is 0 Å². The Morgan fingerprint density at radius 2 is 1.86 bits per heavy atom. The minimum atomic E-state index is -4.45. The molecule has 1 amide bonds. The Morgan fingerprint density at radius 1 is 1.29 bits per heavy atom. The van der Waals surface area contributed by atoms with Crippen LogP contribution in [-0.4, -0.2) is 32.2 Å². The molecular weight excluding hydrogens is 293 g/mol. The zero-order valence-electron chi connectivity index (χ0n) is 10.8. The van der Waals surface area contributed by atoms with Crippen LogP contribution in [0.4, 0.5) is 23.7 Å². The average Bonchev–Trinajstić information content (AvgIpc) is 2.96. The zero-order valence-corrected chi connectivity index (χ0v) is 10.8. The first-order valence-electron chi connectivity index (χ1n) is 6.00. The molecule has 0 aliphatic carbocycles. The average molecular weight is 306 g/mol. The number of nitrogens with zero attached hydrogens (tertiary/aromatic N) is 1. The molecule has 6 nitrogen and oxygen atoms in total. The summed E-state index contributed by atoms with van der Waals surface area (Å²) in [7, 11) is 0. The minimum absolute atomic E-state index is 0.0706. The number of nitrogens with two attached hydrogens (primary N) is 1. The van der Waals surface area contributed by atoms with Gasteiger partial charge in [-0.1, -0.05) is 0 Å². The molecule has 1 aliphatic heterocycles. The fourth-order valence-electron chi connectivity index (χ4n) is 1.63. The van der Waals surface area contributed by atoms with Crippen LogP contribution in [0.5, 0.6) is 0 Å². The van der Waals surface area contributed by atoms with Gasteiger partial charge in [0.1, 0.15) is 6.61 Å². The summed E-state index contributed by atoms with van der Waals surface area (Å²) in [5.41, 5.74) is -0.762. The molecule has 0 radical (unpaired) electrons. The van der Waals surface area contributed by atoms with E-state index in [0.717, 1.165) is 24.3 Å². The third-order valence-corrected chi connectivity index (χ3v) is 2.70. The first-order valence-corrected chi connectivity index (χ1v) is 6.00. The number of ether oxygens (including phenoxy) is 3. The van der Waals surface area contributed by atoms with E-state index in [1.54, 1.807) is 0 Å². The van der Waals surface area contributed by atoms with Crippen molar-refractivity contribution in [1.29, 1.82) is 0 Å². The second-order valence-corrected chi connectivity index (χ2v) is 4.16. The van der Waals surface area contributed by atoms with Crippen LogP contribution in [-0.2, 0) is 20.4 Å². The Morgan fingerprint density at radius 3 is 2.38 bits per heavy atom. The smallest absolute Gasteiger partial charge is 0.429 e. The van der Waals surface area contributed by atoms with E-state index in [-0.39, 0.29) is 12.3 Å². The second-order valence-electron chi connectivity index (χ2n) is 4.16. The lowest BCUT2D eigenvalue weighted by molar-refractivity contribution is -0.137. The van der Waals surface area contributed by atoms with Gasteiger partial charge in [0.05, 0.1) is 24.5 Å². The van der Waals surface area contributed by atoms with Gasteiger partial charge in [-0.05, 0) is 24.3 Å². The number of halogens is 3. The highest BCUT2D eigenvalue weighted by atomic mass is 19.4. The standard InChI is InChI=1S/C12H13F3N2O4/c13-12(14,15)8-1-3-9(4-2-8)17(16)11(18)21-7-10-19-5-6-20-10/h1-4,10H,5-7,16H2. The molecule has 1 aromatic carbocycles. The molecule has 116 valence electrons. The molecule has 0 atom stereocenters. The zero-order chi connectivity index (χ0) is 15.5. The third-order valence-electron chi connectivity index (χ3n) is 2.70. The van der Waals surface area contributed by atoms with Crippen LogP contribution in [0.25, 0.3) is 0 Å². The van der Waals surface area contributed by atoms with Gasteiger partial charge in [0.15, 0.2) is 6.29 Å². The van der Waals surface area contributed by atoms with Gasteiger partial charge in [-0.2, -0.15) is 13.2 Å². The summed E-state index contributed by atoms with van der Waals surface area (Å²) in [6, 6.07) is 3.80. The predicted molar refractivity (Wildman–Crippen MR) is 65.2 cm³/mol. The Balaban J connectivity index is 1.92. The van der Waals surface area contributed by atoms with Gasteiger partial charge in [-0.15, -0.1) is 0 Å². The number of alkyl halides is 3. The summed E-state index contributed by atoms with van der Waals surface area (Å²) in [6.45, 7) is 0.675. The van der Waals surface area contributed by atoms with Crippen LogP contribution in [0.3, 0.4) is 0 Å². The molecule has 2 N–H and O–H groups in total. The number of anilines is 1.